The zero-order valence-electron chi connectivity index (χ0n) is 7.66. The first-order chi connectivity index (χ1) is 6.40. The molecule has 0 amide bonds. The molecule has 15 heavy (non-hydrogen) atoms. The maximum absolute atomic E-state index is 5.32. The van der Waals surface area contributed by atoms with Gasteiger partial charge in [-0.25, -0.2) is 0 Å². The predicted octanol–water partition coefficient (Wildman–Crippen LogP) is 1.43. The zero-order valence-corrected chi connectivity index (χ0v) is 9.29. The Hall–Kier alpha value is -1.17. The molecular formula is C8H10Cl2N4O. The second-order valence-corrected chi connectivity index (χ2v) is 2.43. The summed E-state index contributed by atoms with van der Waals surface area (Å²) in [6, 6.07) is 5.50. The highest BCUT2D eigenvalue weighted by atomic mass is 35.5. The predicted molar refractivity (Wildman–Crippen MR) is 59.9 cm³/mol. The van der Waals surface area contributed by atoms with Crippen molar-refractivity contribution in [2.45, 2.75) is 6.54 Å². The summed E-state index contributed by atoms with van der Waals surface area (Å²) in [4.78, 5) is 8.10. The van der Waals surface area contributed by atoms with Gasteiger partial charge in [0.05, 0.1) is 6.54 Å². The summed E-state index contributed by atoms with van der Waals surface area (Å²) in [7, 11) is 0. The summed E-state index contributed by atoms with van der Waals surface area (Å²) in [6.45, 7) is 0.250. The lowest BCUT2D eigenvalue weighted by Gasteiger charge is -1.88. The van der Waals surface area contributed by atoms with Gasteiger partial charge in [-0.3, -0.25) is 4.98 Å². The molecule has 5 nitrogen and oxygen atoms in total. The third-order valence-corrected chi connectivity index (χ3v) is 1.54. The average Bonchev–Trinajstić information content (AvgIpc) is 2.67. The van der Waals surface area contributed by atoms with Crippen LogP contribution in [0.25, 0.3) is 11.5 Å². The van der Waals surface area contributed by atoms with E-state index in [-0.39, 0.29) is 31.4 Å². The molecular weight excluding hydrogens is 239 g/mol. The number of rotatable bonds is 2. The Morgan fingerprint density at radius 1 is 1.27 bits per heavy atom. The van der Waals surface area contributed by atoms with Crippen molar-refractivity contribution in [2.75, 3.05) is 0 Å². The Morgan fingerprint density at radius 2 is 2.07 bits per heavy atom. The maximum atomic E-state index is 5.32. The van der Waals surface area contributed by atoms with E-state index in [2.05, 4.69) is 15.1 Å². The second kappa shape index (κ2) is 6.34. The first-order valence-electron chi connectivity index (χ1n) is 3.84. The van der Waals surface area contributed by atoms with Crippen LogP contribution in [0.2, 0.25) is 0 Å². The van der Waals surface area contributed by atoms with Gasteiger partial charge in [-0.05, 0) is 12.1 Å². The van der Waals surface area contributed by atoms with Gasteiger partial charge in [0.25, 0.3) is 0 Å². The van der Waals surface area contributed by atoms with E-state index >= 15 is 0 Å². The van der Waals surface area contributed by atoms with E-state index in [0.717, 1.165) is 0 Å². The van der Waals surface area contributed by atoms with E-state index in [9.17, 15) is 0 Å². The topological polar surface area (TPSA) is 77.8 Å². The Bertz CT molecular complexity index is 393. The molecule has 0 aliphatic rings. The molecule has 0 unspecified atom stereocenters. The minimum Gasteiger partial charge on any atom is -0.338 e. The van der Waals surface area contributed by atoms with Gasteiger partial charge in [0.2, 0.25) is 11.7 Å². The summed E-state index contributed by atoms with van der Waals surface area (Å²) in [5, 5.41) is 3.73. The van der Waals surface area contributed by atoms with Crippen molar-refractivity contribution < 1.29 is 4.52 Å². The average molecular weight is 249 g/mol. The largest absolute Gasteiger partial charge is 0.338 e. The number of nitrogens with two attached hydrogens (primary N) is 1. The number of pyridine rings is 1. The van der Waals surface area contributed by atoms with Gasteiger partial charge in [-0.2, -0.15) is 4.98 Å². The second-order valence-electron chi connectivity index (χ2n) is 2.43. The summed E-state index contributed by atoms with van der Waals surface area (Å²) in [5.41, 5.74) is 6.01. The zero-order chi connectivity index (χ0) is 9.10. The summed E-state index contributed by atoms with van der Waals surface area (Å²) < 4.78 is 4.84. The molecule has 0 aliphatic carbocycles. The Labute approximate surface area is 98.9 Å². The SMILES string of the molecule is Cl.Cl.NCc1nc(-c2ccccn2)no1. The number of halogens is 2. The molecule has 2 heterocycles. The lowest BCUT2D eigenvalue weighted by molar-refractivity contribution is 0.380. The van der Waals surface area contributed by atoms with Crippen LogP contribution in [0.3, 0.4) is 0 Å². The van der Waals surface area contributed by atoms with E-state index < -0.39 is 0 Å². The quantitative estimate of drug-likeness (QED) is 0.871. The first-order valence-corrected chi connectivity index (χ1v) is 3.84. The van der Waals surface area contributed by atoms with Crippen molar-refractivity contribution in [3.05, 3.63) is 30.3 Å². The van der Waals surface area contributed by atoms with E-state index in [1.807, 2.05) is 18.2 Å². The van der Waals surface area contributed by atoms with Gasteiger partial charge in [-0.1, -0.05) is 11.2 Å². The van der Waals surface area contributed by atoms with Crippen LogP contribution in [0.15, 0.2) is 28.9 Å². The molecule has 2 N–H and O–H groups in total. The molecule has 0 radical (unpaired) electrons. The standard InChI is InChI=1S/C8H8N4O.2ClH/c9-5-7-11-8(12-13-7)6-3-1-2-4-10-6;;/h1-4H,5,9H2;2*1H. The van der Waals surface area contributed by atoms with Gasteiger partial charge in [0, 0.05) is 6.20 Å². The molecule has 0 spiro atoms. The summed E-state index contributed by atoms with van der Waals surface area (Å²) >= 11 is 0. The van der Waals surface area contributed by atoms with Crippen molar-refractivity contribution in [3.63, 3.8) is 0 Å². The van der Waals surface area contributed by atoms with E-state index in [0.29, 0.717) is 17.4 Å². The van der Waals surface area contributed by atoms with E-state index in [1.165, 1.54) is 0 Å². The minimum atomic E-state index is 0. The first kappa shape index (κ1) is 13.8. The van der Waals surface area contributed by atoms with Gasteiger partial charge in [0.15, 0.2) is 0 Å². The molecule has 0 fully saturated rings. The number of hydrogen-bond donors (Lipinski definition) is 1. The lowest BCUT2D eigenvalue weighted by Crippen LogP contribution is -1.95. The van der Waals surface area contributed by atoms with Crippen molar-refractivity contribution >= 4 is 24.8 Å². The highest BCUT2D eigenvalue weighted by Gasteiger charge is 2.06. The summed E-state index contributed by atoms with van der Waals surface area (Å²) in [5.74, 6) is 0.890. The number of hydrogen-bond acceptors (Lipinski definition) is 5. The third kappa shape index (κ3) is 3.16. The molecule has 2 aromatic rings. The monoisotopic (exact) mass is 248 g/mol. The van der Waals surface area contributed by atoms with E-state index in [4.69, 9.17) is 10.3 Å². The number of aromatic nitrogens is 3. The fourth-order valence-corrected chi connectivity index (χ4v) is 0.937. The molecule has 0 saturated heterocycles. The van der Waals surface area contributed by atoms with Gasteiger partial charge < -0.3 is 10.3 Å². The minimum absolute atomic E-state index is 0. The van der Waals surface area contributed by atoms with Crippen LogP contribution in [0, 0.1) is 0 Å². The normalized spacial score (nSPS) is 8.87. The molecule has 82 valence electrons. The van der Waals surface area contributed by atoms with Crippen LogP contribution < -0.4 is 5.73 Å². The molecule has 0 atom stereocenters. The third-order valence-electron chi connectivity index (χ3n) is 1.54. The highest BCUT2D eigenvalue weighted by Crippen LogP contribution is 2.10. The molecule has 0 aliphatic heterocycles. The van der Waals surface area contributed by atoms with Gasteiger partial charge in [-0.15, -0.1) is 24.8 Å². The van der Waals surface area contributed by atoms with Gasteiger partial charge >= 0.3 is 0 Å². The molecule has 0 aromatic carbocycles. The van der Waals surface area contributed by atoms with Gasteiger partial charge in [0.1, 0.15) is 5.69 Å². The van der Waals surface area contributed by atoms with Crippen molar-refractivity contribution in [1.29, 1.82) is 0 Å². The van der Waals surface area contributed by atoms with Crippen LogP contribution in [0.1, 0.15) is 5.89 Å². The van der Waals surface area contributed by atoms with Crippen molar-refractivity contribution in [2.24, 2.45) is 5.73 Å². The van der Waals surface area contributed by atoms with Crippen LogP contribution in [-0.4, -0.2) is 15.1 Å². The van der Waals surface area contributed by atoms with Crippen molar-refractivity contribution in [1.82, 2.24) is 15.1 Å². The Kier molecular flexibility index (Phi) is 5.84. The molecule has 2 rings (SSSR count). The van der Waals surface area contributed by atoms with Crippen LogP contribution in [0.5, 0.6) is 0 Å². The van der Waals surface area contributed by atoms with Crippen LogP contribution >= 0.6 is 24.8 Å². The fourth-order valence-electron chi connectivity index (χ4n) is 0.937. The fraction of sp³-hybridized carbons (Fsp3) is 0.125. The van der Waals surface area contributed by atoms with Crippen molar-refractivity contribution in [3.8, 4) is 11.5 Å². The Morgan fingerprint density at radius 3 is 2.60 bits per heavy atom. The van der Waals surface area contributed by atoms with Crippen LogP contribution in [0.4, 0.5) is 0 Å². The Balaban J connectivity index is 0.000000980. The molecule has 2 aromatic heterocycles. The number of nitrogens with zero attached hydrogens (tertiary/aromatic N) is 3. The summed E-state index contributed by atoms with van der Waals surface area (Å²) in [6.07, 6.45) is 1.67. The maximum Gasteiger partial charge on any atom is 0.240 e. The molecule has 7 heteroatoms. The smallest absolute Gasteiger partial charge is 0.240 e. The molecule has 0 bridgehead atoms. The van der Waals surface area contributed by atoms with Crippen LogP contribution in [-0.2, 0) is 6.54 Å². The molecule has 0 saturated carbocycles. The lowest BCUT2D eigenvalue weighted by atomic mass is 10.3. The highest BCUT2D eigenvalue weighted by molar-refractivity contribution is 5.85. The van der Waals surface area contributed by atoms with E-state index in [1.54, 1.807) is 6.20 Å².